The Hall–Kier alpha value is -2.56. The second kappa shape index (κ2) is 7.82. The minimum absolute atomic E-state index is 0.0662. The van der Waals surface area contributed by atoms with Crippen LogP contribution < -0.4 is 5.32 Å². The highest BCUT2D eigenvalue weighted by Gasteiger charge is 2.32. The molecule has 5 heteroatoms. The fourth-order valence-corrected chi connectivity index (χ4v) is 4.51. The van der Waals surface area contributed by atoms with E-state index in [0.29, 0.717) is 25.2 Å². The molecule has 5 nitrogen and oxygen atoms in total. The number of nitrogens with zero attached hydrogens (tertiary/aromatic N) is 2. The van der Waals surface area contributed by atoms with Crippen molar-refractivity contribution >= 4 is 11.8 Å². The molecule has 0 amide bonds. The van der Waals surface area contributed by atoms with E-state index < -0.39 is 0 Å². The molecule has 0 saturated heterocycles. The highest BCUT2D eigenvalue weighted by molar-refractivity contribution is 5.96. The van der Waals surface area contributed by atoms with Crippen molar-refractivity contribution in [2.45, 2.75) is 50.2 Å². The first-order valence-electron chi connectivity index (χ1n) is 10.5. The van der Waals surface area contributed by atoms with Crippen LogP contribution in [0.5, 0.6) is 0 Å². The van der Waals surface area contributed by atoms with Crippen LogP contribution in [0.2, 0.25) is 0 Å². The number of dihydropyridines is 1. The highest BCUT2D eigenvalue weighted by atomic mass is 16.5. The molecular formula is C23H27N3O2. The summed E-state index contributed by atoms with van der Waals surface area (Å²) in [5.74, 6) is 2.15. The SMILES string of the molecule is C1=CC(C2=NC(c3ccccc3)CO2)NC(C2=NC(C3CCCCC3)CO2)=C1. The lowest BCUT2D eigenvalue weighted by molar-refractivity contribution is 0.240. The Labute approximate surface area is 166 Å². The van der Waals surface area contributed by atoms with E-state index in [9.17, 15) is 0 Å². The largest absolute Gasteiger partial charge is 0.477 e. The second-order valence-corrected chi connectivity index (χ2v) is 8.00. The monoisotopic (exact) mass is 377 g/mol. The number of rotatable bonds is 4. The van der Waals surface area contributed by atoms with Gasteiger partial charge >= 0.3 is 0 Å². The zero-order valence-electron chi connectivity index (χ0n) is 16.1. The number of aliphatic imine (C=N–C) groups is 2. The van der Waals surface area contributed by atoms with E-state index in [0.717, 1.165) is 17.5 Å². The van der Waals surface area contributed by atoms with Gasteiger partial charge in [0.15, 0.2) is 0 Å². The topological polar surface area (TPSA) is 55.2 Å². The number of allylic oxidation sites excluding steroid dienone is 2. The molecule has 0 spiro atoms. The molecule has 0 aromatic heterocycles. The van der Waals surface area contributed by atoms with E-state index in [1.54, 1.807) is 0 Å². The van der Waals surface area contributed by atoms with Crippen molar-refractivity contribution in [1.29, 1.82) is 0 Å². The van der Waals surface area contributed by atoms with Crippen LogP contribution in [0.4, 0.5) is 0 Å². The standard InChI is InChI=1S/C23H27N3O2/c1-3-8-16(9-4-1)20-14-27-22(25-20)18-12-7-13-19(24-18)23-26-21(15-28-23)17-10-5-2-6-11-17/h1,3-4,7-9,12-13,17-18,20-21,24H,2,5-6,10-11,14-15H2. The summed E-state index contributed by atoms with van der Waals surface area (Å²) in [5, 5.41) is 3.50. The smallest absolute Gasteiger partial charge is 0.233 e. The lowest BCUT2D eigenvalue weighted by Gasteiger charge is -2.24. The molecule has 1 aliphatic carbocycles. The van der Waals surface area contributed by atoms with E-state index in [-0.39, 0.29) is 12.1 Å². The van der Waals surface area contributed by atoms with Crippen LogP contribution in [-0.2, 0) is 9.47 Å². The van der Waals surface area contributed by atoms with Gasteiger partial charge in [-0.1, -0.05) is 61.7 Å². The third-order valence-corrected chi connectivity index (χ3v) is 6.10. The van der Waals surface area contributed by atoms with E-state index >= 15 is 0 Å². The Morgan fingerprint density at radius 2 is 1.79 bits per heavy atom. The van der Waals surface area contributed by atoms with Gasteiger partial charge in [0.25, 0.3) is 0 Å². The Balaban J connectivity index is 1.26. The Bertz CT molecular complexity index is 822. The van der Waals surface area contributed by atoms with Gasteiger partial charge in [-0.3, -0.25) is 0 Å². The molecule has 0 radical (unpaired) electrons. The van der Waals surface area contributed by atoms with Gasteiger partial charge in [-0.15, -0.1) is 0 Å². The molecule has 3 unspecified atom stereocenters. The average molecular weight is 377 g/mol. The molecule has 1 N–H and O–H groups in total. The Morgan fingerprint density at radius 3 is 2.64 bits per heavy atom. The summed E-state index contributed by atoms with van der Waals surface area (Å²) < 4.78 is 11.9. The van der Waals surface area contributed by atoms with Crippen LogP contribution in [-0.4, -0.2) is 37.1 Å². The predicted octanol–water partition coefficient (Wildman–Crippen LogP) is 3.95. The number of benzene rings is 1. The third-order valence-electron chi connectivity index (χ3n) is 6.10. The average Bonchev–Trinajstić information content (AvgIpc) is 3.46. The predicted molar refractivity (Wildman–Crippen MR) is 110 cm³/mol. The van der Waals surface area contributed by atoms with Crippen LogP contribution in [0.1, 0.15) is 43.7 Å². The third kappa shape index (κ3) is 3.58. The minimum atomic E-state index is -0.0752. The van der Waals surface area contributed by atoms with E-state index in [1.807, 2.05) is 30.4 Å². The summed E-state index contributed by atoms with van der Waals surface area (Å²) in [5.41, 5.74) is 2.12. The van der Waals surface area contributed by atoms with Gasteiger partial charge in [-0.25, -0.2) is 9.98 Å². The fourth-order valence-electron chi connectivity index (χ4n) is 4.51. The van der Waals surface area contributed by atoms with Gasteiger partial charge in [0.2, 0.25) is 11.8 Å². The summed E-state index contributed by atoms with van der Waals surface area (Å²) in [6.07, 6.45) is 12.7. The van der Waals surface area contributed by atoms with Crippen molar-refractivity contribution in [1.82, 2.24) is 5.32 Å². The molecule has 3 heterocycles. The first-order chi connectivity index (χ1) is 13.9. The molecule has 1 aromatic rings. The lowest BCUT2D eigenvalue weighted by Crippen LogP contribution is -2.38. The highest BCUT2D eigenvalue weighted by Crippen LogP contribution is 2.31. The van der Waals surface area contributed by atoms with Crippen molar-refractivity contribution in [2.75, 3.05) is 13.2 Å². The zero-order valence-corrected chi connectivity index (χ0v) is 16.1. The van der Waals surface area contributed by atoms with Crippen LogP contribution in [0.15, 0.2) is 64.2 Å². The van der Waals surface area contributed by atoms with Crippen LogP contribution in [0.25, 0.3) is 0 Å². The van der Waals surface area contributed by atoms with Crippen molar-refractivity contribution in [3.8, 4) is 0 Å². The van der Waals surface area contributed by atoms with E-state index in [1.165, 1.54) is 37.7 Å². The van der Waals surface area contributed by atoms with Crippen molar-refractivity contribution in [3.63, 3.8) is 0 Å². The number of nitrogens with one attached hydrogen (secondary N) is 1. The maximum absolute atomic E-state index is 5.96. The molecule has 4 aliphatic rings. The molecule has 1 fully saturated rings. The van der Waals surface area contributed by atoms with Crippen LogP contribution in [0.3, 0.4) is 0 Å². The number of hydrogen-bond donors (Lipinski definition) is 1. The number of ether oxygens (including phenoxy) is 2. The quantitative estimate of drug-likeness (QED) is 0.864. The van der Waals surface area contributed by atoms with Gasteiger partial charge in [0.1, 0.15) is 25.3 Å². The van der Waals surface area contributed by atoms with E-state index in [2.05, 4.69) is 23.5 Å². The van der Waals surface area contributed by atoms with Gasteiger partial charge in [-0.2, -0.15) is 0 Å². The second-order valence-electron chi connectivity index (χ2n) is 8.00. The van der Waals surface area contributed by atoms with E-state index in [4.69, 9.17) is 19.5 Å². The zero-order chi connectivity index (χ0) is 18.8. The Kier molecular flexibility index (Phi) is 4.90. The molecule has 5 rings (SSSR count). The van der Waals surface area contributed by atoms with Crippen molar-refractivity contribution in [2.24, 2.45) is 15.9 Å². The molecule has 28 heavy (non-hydrogen) atoms. The van der Waals surface area contributed by atoms with Crippen LogP contribution in [0, 0.1) is 5.92 Å². The first-order valence-corrected chi connectivity index (χ1v) is 10.5. The van der Waals surface area contributed by atoms with Gasteiger partial charge in [0, 0.05) is 0 Å². The fraction of sp³-hybridized carbons (Fsp3) is 0.478. The summed E-state index contributed by atoms with van der Waals surface area (Å²) in [6.45, 7) is 1.30. The normalized spacial score (nSPS) is 30.0. The molecule has 0 bridgehead atoms. The maximum Gasteiger partial charge on any atom is 0.233 e. The first kappa shape index (κ1) is 17.5. The molecule has 1 aromatic carbocycles. The lowest BCUT2D eigenvalue weighted by atomic mass is 9.84. The van der Waals surface area contributed by atoms with Crippen molar-refractivity contribution < 1.29 is 9.47 Å². The molecule has 146 valence electrons. The molecule has 1 saturated carbocycles. The van der Waals surface area contributed by atoms with Crippen LogP contribution >= 0.6 is 0 Å². The Morgan fingerprint density at radius 1 is 0.929 bits per heavy atom. The number of hydrogen-bond acceptors (Lipinski definition) is 5. The summed E-state index contributed by atoms with van der Waals surface area (Å²) in [6, 6.07) is 10.6. The summed E-state index contributed by atoms with van der Waals surface area (Å²) >= 11 is 0. The molecule has 3 atom stereocenters. The summed E-state index contributed by atoms with van der Waals surface area (Å²) in [4.78, 5) is 9.71. The molecular weight excluding hydrogens is 350 g/mol. The van der Waals surface area contributed by atoms with Gasteiger partial charge < -0.3 is 14.8 Å². The van der Waals surface area contributed by atoms with Crippen molar-refractivity contribution in [3.05, 3.63) is 59.8 Å². The molecule has 3 aliphatic heterocycles. The van der Waals surface area contributed by atoms with Gasteiger partial charge in [0.05, 0.1) is 11.7 Å². The maximum atomic E-state index is 5.96. The summed E-state index contributed by atoms with van der Waals surface area (Å²) in [7, 11) is 0. The minimum Gasteiger partial charge on any atom is -0.477 e. The van der Waals surface area contributed by atoms with Gasteiger partial charge in [-0.05, 0) is 30.4 Å².